The van der Waals surface area contributed by atoms with Crippen molar-refractivity contribution in [2.45, 2.75) is 38.8 Å². The fraction of sp³-hybridized carbons (Fsp3) is 0.652. The van der Waals surface area contributed by atoms with E-state index in [1.807, 2.05) is 30.3 Å². The lowest BCUT2D eigenvalue weighted by atomic mass is 10.1. The smallest absolute Gasteiger partial charge is 0.319 e. The van der Waals surface area contributed by atoms with Crippen LogP contribution in [0.4, 0.5) is 10.5 Å². The van der Waals surface area contributed by atoms with Gasteiger partial charge in [0.05, 0.1) is 19.3 Å². The van der Waals surface area contributed by atoms with Gasteiger partial charge in [0.1, 0.15) is 0 Å². The Kier molecular flexibility index (Phi) is 9.12. The van der Waals surface area contributed by atoms with Gasteiger partial charge in [0.25, 0.3) is 0 Å². The van der Waals surface area contributed by atoms with E-state index in [4.69, 9.17) is 4.74 Å². The van der Waals surface area contributed by atoms with Crippen LogP contribution in [0.2, 0.25) is 0 Å². The number of carbonyl (C=O) groups is 2. The van der Waals surface area contributed by atoms with Crippen molar-refractivity contribution in [3.05, 3.63) is 30.3 Å². The number of anilines is 1. The van der Waals surface area contributed by atoms with Gasteiger partial charge in [-0.3, -0.25) is 14.6 Å². The van der Waals surface area contributed by atoms with Crippen molar-refractivity contribution >= 4 is 17.6 Å². The summed E-state index contributed by atoms with van der Waals surface area (Å²) in [4.78, 5) is 29.1. The first-order valence-electron chi connectivity index (χ1n) is 11.4. The van der Waals surface area contributed by atoms with E-state index in [-0.39, 0.29) is 24.1 Å². The van der Waals surface area contributed by atoms with Crippen molar-refractivity contribution in [1.29, 1.82) is 0 Å². The molecule has 172 valence electrons. The second-order valence-electron chi connectivity index (χ2n) is 8.97. The van der Waals surface area contributed by atoms with E-state index in [9.17, 15) is 9.59 Å². The Morgan fingerprint density at radius 1 is 1.10 bits per heavy atom. The molecule has 1 aromatic rings. The molecule has 3 rings (SSSR count). The van der Waals surface area contributed by atoms with Gasteiger partial charge < -0.3 is 20.7 Å². The zero-order chi connectivity index (χ0) is 22.1. The highest BCUT2D eigenvalue weighted by Crippen LogP contribution is 2.11. The molecule has 0 aromatic heterocycles. The molecule has 2 fully saturated rings. The molecule has 2 aliphatic rings. The van der Waals surface area contributed by atoms with Crippen molar-refractivity contribution in [2.24, 2.45) is 5.92 Å². The molecule has 1 atom stereocenters. The number of para-hydroxylation sites is 1. The van der Waals surface area contributed by atoms with Crippen LogP contribution >= 0.6 is 0 Å². The maximum Gasteiger partial charge on any atom is 0.319 e. The Morgan fingerprint density at radius 3 is 2.55 bits per heavy atom. The largest absolute Gasteiger partial charge is 0.374 e. The van der Waals surface area contributed by atoms with Crippen LogP contribution in [0.15, 0.2) is 30.3 Å². The molecule has 0 saturated carbocycles. The SMILES string of the molecule is CC(C)CN1CCOC(CNC(=O)CN2CCC(NC(=O)Nc3ccccc3)CC2)C1. The van der Waals surface area contributed by atoms with Crippen LogP contribution in [0.5, 0.6) is 0 Å². The van der Waals surface area contributed by atoms with E-state index in [1.165, 1.54) is 0 Å². The maximum absolute atomic E-state index is 12.4. The molecule has 2 heterocycles. The van der Waals surface area contributed by atoms with Crippen LogP contribution in [-0.2, 0) is 9.53 Å². The van der Waals surface area contributed by atoms with E-state index in [0.29, 0.717) is 19.0 Å². The number of nitrogens with one attached hydrogen (secondary N) is 3. The van der Waals surface area contributed by atoms with E-state index >= 15 is 0 Å². The highest BCUT2D eigenvalue weighted by Gasteiger charge is 2.24. The molecule has 8 heteroatoms. The van der Waals surface area contributed by atoms with Crippen molar-refractivity contribution < 1.29 is 14.3 Å². The van der Waals surface area contributed by atoms with E-state index in [0.717, 1.165) is 57.9 Å². The number of piperidine rings is 1. The summed E-state index contributed by atoms with van der Waals surface area (Å²) in [7, 11) is 0. The van der Waals surface area contributed by atoms with Crippen LogP contribution in [0.25, 0.3) is 0 Å². The number of amides is 3. The monoisotopic (exact) mass is 431 g/mol. The molecule has 0 bridgehead atoms. The number of hydrogen-bond donors (Lipinski definition) is 3. The van der Waals surface area contributed by atoms with Crippen LogP contribution in [0.1, 0.15) is 26.7 Å². The number of morpholine rings is 1. The summed E-state index contributed by atoms with van der Waals surface area (Å²) in [5, 5.41) is 8.91. The van der Waals surface area contributed by atoms with Crippen LogP contribution < -0.4 is 16.0 Å². The average Bonchev–Trinajstić information content (AvgIpc) is 2.74. The third-order valence-corrected chi connectivity index (χ3v) is 5.69. The van der Waals surface area contributed by atoms with Gasteiger partial charge in [-0.15, -0.1) is 0 Å². The average molecular weight is 432 g/mol. The lowest BCUT2D eigenvalue weighted by Gasteiger charge is -2.34. The molecule has 8 nitrogen and oxygen atoms in total. The molecule has 0 aliphatic carbocycles. The standard InChI is InChI=1S/C23H37N5O3/c1-18(2)15-28-12-13-31-21(16-28)14-24-22(29)17-27-10-8-20(9-11-27)26-23(30)25-19-6-4-3-5-7-19/h3-7,18,20-21H,8-17H2,1-2H3,(H,24,29)(H2,25,26,30). The predicted molar refractivity (Wildman–Crippen MR) is 122 cm³/mol. The number of urea groups is 1. The molecule has 1 aromatic carbocycles. The third kappa shape index (κ3) is 8.47. The molecular weight excluding hydrogens is 394 g/mol. The quantitative estimate of drug-likeness (QED) is 0.584. The van der Waals surface area contributed by atoms with Gasteiger partial charge >= 0.3 is 6.03 Å². The Morgan fingerprint density at radius 2 is 1.84 bits per heavy atom. The van der Waals surface area contributed by atoms with Gasteiger partial charge in [0.2, 0.25) is 5.91 Å². The normalized spacial score (nSPS) is 21.1. The van der Waals surface area contributed by atoms with E-state index in [2.05, 4.69) is 39.6 Å². The van der Waals surface area contributed by atoms with E-state index in [1.54, 1.807) is 0 Å². The third-order valence-electron chi connectivity index (χ3n) is 5.69. The molecule has 31 heavy (non-hydrogen) atoms. The minimum Gasteiger partial charge on any atom is -0.374 e. The number of nitrogens with zero attached hydrogens (tertiary/aromatic N) is 2. The Labute approximate surface area is 185 Å². The highest BCUT2D eigenvalue weighted by atomic mass is 16.5. The van der Waals surface area contributed by atoms with Gasteiger partial charge in [-0.2, -0.15) is 0 Å². The first-order chi connectivity index (χ1) is 15.0. The Balaban J connectivity index is 1.29. The maximum atomic E-state index is 12.4. The molecule has 1 unspecified atom stereocenters. The first-order valence-corrected chi connectivity index (χ1v) is 11.4. The Bertz CT molecular complexity index is 692. The predicted octanol–water partition coefficient (Wildman–Crippen LogP) is 1.75. The summed E-state index contributed by atoms with van der Waals surface area (Å²) in [6.45, 7) is 10.6. The lowest BCUT2D eigenvalue weighted by Crippen LogP contribution is -2.51. The van der Waals surface area contributed by atoms with Crippen LogP contribution in [0, 0.1) is 5.92 Å². The number of benzene rings is 1. The summed E-state index contributed by atoms with van der Waals surface area (Å²) in [5.41, 5.74) is 0.781. The number of ether oxygens (including phenoxy) is 1. The number of rotatable bonds is 8. The summed E-state index contributed by atoms with van der Waals surface area (Å²) in [6, 6.07) is 9.37. The molecular formula is C23H37N5O3. The van der Waals surface area contributed by atoms with Gasteiger partial charge in [0, 0.05) is 51.0 Å². The number of carbonyl (C=O) groups excluding carboxylic acids is 2. The van der Waals surface area contributed by atoms with Crippen molar-refractivity contribution in [1.82, 2.24) is 20.4 Å². The second kappa shape index (κ2) is 12.0. The zero-order valence-corrected chi connectivity index (χ0v) is 18.8. The molecule has 0 radical (unpaired) electrons. The zero-order valence-electron chi connectivity index (χ0n) is 18.8. The van der Waals surface area contributed by atoms with Gasteiger partial charge in [-0.25, -0.2) is 4.79 Å². The van der Waals surface area contributed by atoms with Gasteiger partial charge in [0.15, 0.2) is 0 Å². The molecule has 2 saturated heterocycles. The molecule has 0 spiro atoms. The molecule has 2 aliphatic heterocycles. The first kappa shape index (κ1) is 23.5. The van der Waals surface area contributed by atoms with E-state index < -0.39 is 0 Å². The van der Waals surface area contributed by atoms with Crippen molar-refractivity contribution in [3.63, 3.8) is 0 Å². The number of likely N-dealkylation sites (tertiary alicyclic amines) is 1. The summed E-state index contributed by atoms with van der Waals surface area (Å²) in [5.74, 6) is 0.674. The molecule has 3 N–H and O–H groups in total. The second-order valence-corrected chi connectivity index (χ2v) is 8.97. The summed E-state index contributed by atoms with van der Waals surface area (Å²) in [6.07, 6.45) is 1.74. The fourth-order valence-electron chi connectivity index (χ4n) is 4.18. The van der Waals surface area contributed by atoms with Crippen molar-refractivity contribution in [3.8, 4) is 0 Å². The summed E-state index contributed by atoms with van der Waals surface area (Å²) >= 11 is 0. The fourth-order valence-corrected chi connectivity index (χ4v) is 4.18. The lowest BCUT2D eigenvalue weighted by molar-refractivity contribution is -0.123. The van der Waals surface area contributed by atoms with Gasteiger partial charge in [-0.1, -0.05) is 32.0 Å². The van der Waals surface area contributed by atoms with Crippen LogP contribution in [0.3, 0.4) is 0 Å². The topological polar surface area (TPSA) is 85.9 Å². The number of hydrogen-bond acceptors (Lipinski definition) is 5. The minimum atomic E-state index is -0.179. The van der Waals surface area contributed by atoms with Gasteiger partial charge in [-0.05, 0) is 30.9 Å². The summed E-state index contributed by atoms with van der Waals surface area (Å²) < 4.78 is 5.81. The minimum absolute atomic E-state index is 0.0396. The Hall–Kier alpha value is -2.16. The van der Waals surface area contributed by atoms with Crippen LogP contribution in [-0.4, -0.2) is 86.3 Å². The molecule has 3 amide bonds. The highest BCUT2D eigenvalue weighted by molar-refractivity contribution is 5.89. The van der Waals surface area contributed by atoms with Crippen molar-refractivity contribution in [2.75, 3.05) is 57.7 Å².